The van der Waals surface area contributed by atoms with Crippen LogP contribution in [0.15, 0.2) is 6.07 Å². The van der Waals surface area contributed by atoms with Gasteiger partial charge >= 0.3 is 0 Å². The van der Waals surface area contributed by atoms with Crippen molar-refractivity contribution in [3.8, 4) is 11.8 Å². The second-order valence-corrected chi connectivity index (χ2v) is 8.14. The molecule has 1 fully saturated rings. The Bertz CT molecular complexity index is 1050. The lowest BCUT2D eigenvalue weighted by atomic mass is 10.00. The number of fused-ring (bicyclic) bond motifs is 1. The highest BCUT2D eigenvalue weighted by Gasteiger charge is 2.28. The number of hydrogen-bond acceptors (Lipinski definition) is 3. The third-order valence-electron chi connectivity index (χ3n) is 5.48. The number of aromatic nitrogens is 1. The predicted molar refractivity (Wildman–Crippen MR) is 117 cm³/mol. The SMILES string of the molecule is CC#CC(=O)N[C@H]1CCCN(c2c(F)cc(C(=O)NC(C)C)c3[nH]c(C)c(C)c23)C1. The lowest BCUT2D eigenvalue weighted by Crippen LogP contribution is -2.47. The minimum absolute atomic E-state index is 0.0508. The van der Waals surface area contributed by atoms with E-state index in [1.54, 1.807) is 6.92 Å². The van der Waals surface area contributed by atoms with Gasteiger partial charge in [0.1, 0.15) is 5.82 Å². The summed E-state index contributed by atoms with van der Waals surface area (Å²) in [5, 5.41) is 6.48. The molecule has 1 aliphatic heterocycles. The standard InChI is InChI=1S/C23H29FN4O2/c1-6-8-19(29)27-16-9-7-10-28(12-16)22-18(24)11-17(23(30)25-13(2)3)21-20(22)14(4)15(5)26-21/h11,13,16,26H,7,9-10,12H2,1-5H3,(H,25,30)(H,27,29)/t16-/m0/s1. The number of halogens is 1. The van der Waals surface area contributed by atoms with Gasteiger partial charge in [-0.3, -0.25) is 9.59 Å². The van der Waals surface area contributed by atoms with Crippen molar-refractivity contribution in [2.75, 3.05) is 18.0 Å². The molecule has 2 heterocycles. The minimum atomic E-state index is -0.432. The van der Waals surface area contributed by atoms with Crippen molar-refractivity contribution in [1.82, 2.24) is 15.6 Å². The highest BCUT2D eigenvalue weighted by atomic mass is 19.1. The molecule has 2 aromatic rings. The number of nitrogens with one attached hydrogen (secondary N) is 3. The molecule has 6 nitrogen and oxygen atoms in total. The summed E-state index contributed by atoms with van der Waals surface area (Å²) in [7, 11) is 0. The van der Waals surface area contributed by atoms with Crippen LogP contribution >= 0.6 is 0 Å². The van der Waals surface area contributed by atoms with Crippen molar-refractivity contribution in [1.29, 1.82) is 0 Å². The average Bonchev–Trinajstić information content (AvgIpc) is 2.96. The fourth-order valence-electron chi connectivity index (χ4n) is 4.06. The van der Waals surface area contributed by atoms with Gasteiger partial charge in [0, 0.05) is 36.3 Å². The van der Waals surface area contributed by atoms with Crippen LogP contribution in [-0.4, -0.2) is 42.0 Å². The Hall–Kier alpha value is -3.01. The Kier molecular flexibility index (Phi) is 6.35. The van der Waals surface area contributed by atoms with Gasteiger partial charge in [-0.15, -0.1) is 0 Å². The number of aromatic amines is 1. The highest BCUT2D eigenvalue weighted by Crippen LogP contribution is 2.37. The third kappa shape index (κ3) is 4.28. The zero-order chi connectivity index (χ0) is 22.0. The summed E-state index contributed by atoms with van der Waals surface area (Å²) in [6, 6.07) is 1.16. The molecule has 0 radical (unpaired) electrons. The number of carbonyl (C=O) groups excluding carboxylic acids is 2. The molecule has 7 heteroatoms. The van der Waals surface area contributed by atoms with E-state index in [1.807, 2.05) is 32.6 Å². The molecule has 3 rings (SSSR count). The van der Waals surface area contributed by atoms with Gasteiger partial charge in [-0.1, -0.05) is 5.92 Å². The summed E-state index contributed by atoms with van der Waals surface area (Å²) in [4.78, 5) is 29.8. The van der Waals surface area contributed by atoms with Gasteiger partial charge in [0.05, 0.1) is 16.8 Å². The van der Waals surface area contributed by atoms with Gasteiger partial charge in [-0.25, -0.2) is 4.39 Å². The van der Waals surface area contributed by atoms with E-state index in [2.05, 4.69) is 27.5 Å². The van der Waals surface area contributed by atoms with Gasteiger partial charge in [0.15, 0.2) is 0 Å². The van der Waals surface area contributed by atoms with Gasteiger partial charge < -0.3 is 20.5 Å². The lowest BCUT2D eigenvalue weighted by molar-refractivity contribution is -0.116. The topological polar surface area (TPSA) is 77.2 Å². The number of benzene rings is 1. The molecule has 0 spiro atoms. The van der Waals surface area contributed by atoms with Crippen molar-refractivity contribution >= 4 is 28.4 Å². The summed E-state index contributed by atoms with van der Waals surface area (Å²) in [5.41, 5.74) is 3.24. The summed E-state index contributed by atoms with van der Waals surface area (Å²) in [6.07, 6.45) is 1.64. The Morgan fingerprint density at radius 3 is 2.73 bits per heavy atom. The zero-order valence-corrected chi connectivity index (χ0v) is 18.2. The fraction of sp³-hybridized carbons (Fsp3) is 0.478. The molecule has 1 aliphatic rings. The predicted octanol–water partition coefficient (Wildman–Crippen LogP) is 3.17. The van der Waals surface area contributed by atoms with Crippen molar-refractivity contribution in [2.24, 2.45) is 0 Å². The fourth-order valence-corrected chi connectivity index (χ4v) is 4.06. The Labute approximate surface area is 176 Å². The summed E-state index contributed by atoms with van der Waals surface area (Å²) < 4.78 is 15.4. The molecule has 1 aromatic heterocycles. The first-order chi connectivity index (χ1) is 14.2. The molecule has 1 aromatic carbocycles. The Balaban J connectivity index is 2.03. The van der Waals surface area contributed by atoms with Crippen molar-refractivity contribution in [3.05, 3.63) is 28.7 Å². The van der Waals surface area contributed by atoms with Gasteiger partial charge in [-0.05, 0) is 65.0 Å². The van der Waals surface area contributed by atoms with Crippen LogP contribution < -0.4 is 15.5 Å². The van der Waals surface area contributed by atoms with Gasteiger partial charge in [-0.2, -0.15) is 0 Å². The molecule has 0 unspecified atom stereocenters. The van der Waals surface area contributed by atoms with E-state index in [0.29, 0.717) is 29.9 Å². The van der Waals surface area contributed by atoms with Crippen molar-refractivity contribution < 1.29 is 14.0 Å². The van der Waals surface area contributed by atoms with Crippen LogP contribution in [0.2, 0.25) is 0 Å². The van der Waals surface area contributed by atoms with Crippen LogP contribution in [0.1, 0.15) is 55.2 Å². The summed E-state index contributed by atoms with van der Waals surface area (Å²) in [6.45, 7) is 10.4. The molecule has 0 bridgehead atoms. The molecule has 2 amide bonds. The molecule has 1 atom stereocenters. The Morgan fingerprint density at radius 2 is 2.07 bits per heavy atom. The van der Waals surface area contributed by atoms with Crippen LogP contribution in [0.4, 0.5) is 10.1 Å². The number of anilines is 1. The van der Waals surface area contributed by atoms with E-state index >= 15 is 4.39 Å². The van der Waals surface area contributed by atoms with Gasteiger partial charge in [0.2, 0.25) is 0 Å². The first-order valence-electron chi connectivity index (χ1n) is 10.3. The number of piperidine rings is 1. The van der Waals surface area contributed by atoms with E-state index in [9.17, 15) is 9.59 Å². The number of carbonyl (C=O) groups is 2. The van der Waals surface area contributed by atoms with E-state index in [0.717, 1.165) is 29.5 Å². The smallest absolute Gasteiger partial charge is 0.296 e. The van der Waals surface area contributed by atoms with Crippen LogP contribution in [0.3, 0.4) is 0 Å². The number of amides is 2. The van der Waals surface area contributed by atoms with Crippen LogP contribution in [-0.2, 0) is 4.79 Å². The normalized spacial score (nSPS) is 16.4. The number of hydrogen-bond donors (Lipinski definition) is 3. The van der Waals surface area contributed by atoms with Gasteiger partial charge in [0.25, 0.3) is 11.8 Å². The maximum atomic E-state index is 15.4. The number of H-pyrrole nitrogens is 1. The maximum absolute atomic E-state index is 15.4. The molecule has 160 valence electrons. The van der Waals surface area contributed by atoms with E-state index in [-0.39, 0.29) is 23.9 Å². The molecular formula is C23H29FN4O2. The largest absolute Gasteiger partial charge is 0.367 e. The lowest BCUT2D eigenvalue weighted by Gasteiger charge is -2.35. The van der Waals surface area contributed by atoms with Crippen LogP contribution in [0.5, 0.6) is 0 Å². The molecular weight excluding hydrogens is 383 g/mol. The van der Waals surface area contributed by atoms with Crippen LogP contribution in [0, 0.1) is 31.5 Å². The molecule has 1 saturated heterocycles. The number of rotatable bonds is 4. The van der Waals surface area contributed by atoms with Crippen molar-refractivity contribution in [2.45, 2.75) is 59.5 Å². The van der Waals surface area contributed by atoms with E-state index < -0.39 is 5.82 Å². The first-order valence-corrected chi connectivity index (χ1v) is 10.3. The second kappa shape index (κ2) is 8.78. The number of nitrogens with zero attached hydrogens (tertiary/aromatic N) is 1. The quantitative estimate of drug-likeness (QED) is 0.675. The number of aryl methyl sites for hydroxylation is 2. The first kappa shape index (κ1) is 21.7. The van der Waals surface area contributed by atoms with E-state index in [1.165, 1.54) is 6.07 Å². The monoisotopic (exact) mass is 412 g/mol. The minimum Gasteiger partial charge on any atom is -0.367 e. The molecule has 0 saturated carbocycles. The maximum Gasteiger partial charge on any atom is 0.296 e. The second-order valence-electron chi connectivity index (χ2n) is 8.14. The average molecular weight is 413 g/mol. The summed E-state index contributed by atoms with van der Waals surface area (Å²) >= 11 is 0. The third-order valence-corrected chi connectivity index (χ3v) is 5.48. The van der Waals surface area contributed by atoms with Crippen molar-refractivity contribution in [3.63, 3.8) is 0 Å². The highest BCUT2D eigenvalue weighted by molar-refractivity contribution is 6.10. The molecule has 0 aliphatic carbocycles. The van der Waals surface area contributed by atoms with E-state index in [4.69, 9.17) is 0 Å². The molecule has 3 N–H and O–H groups in total. The molecule has 30 heavy (non-hydrogen) atoms. The summed E-state index contributed by atoms with van der Waals surface area (Å²) in [5.74, 6) is 4.04. The van der Waals surface area contributed by atoms with Crippen LogP contribution in [0.25, 0.3) is 10.9 Å². The Morgan fingerprint density at radius 1 is 1.33 bits per heavy atom. The zero-order valence-electron chi connectivity index (χ0n) is 18.2.